The van der Waals surface area contributed by atoms with Gasteiger partial charge in [0, 0.05) is 50.2 Å². The monoisotopic (exact) mass is 484 g/mol. The molecule has 0 saturated carbocycles. The van der Waals surface area contributed by atoms with Crippen molar-refractivity contribution in [3.63, 3.8) is 0 Å². The van der Waals surface area contributed by atoms with E-state index in [1.807, 2.05) is 24.5 Å². The van der Waals surface area contributed by atoms with Crippen LogP contribution >= 0.6 is 0 Å². The molecule has 0 bridgehead atoms. The number of carboxylic acids is 1. The minimum atomic E-state index is -5.08. The summed E-state index contributed by atoms with van der Waals surface area (Å²) in [6.07, 6.45) is 1.26. The van der Waals surface area contributed by atoms with Crippen molar-refractivity contribution in [1.29, 1.82) is 0 Å². The van der Waals surface area contributed by atoms with Gasteiger partial charge in [-0.15, -0.1) is 0 Å². The lowest BCUT2D eigenvalue weighted by Crippen LogP contribution is -2.50. The molecule has 1 spiro atoms. The highest BCUT2D eigenvalue weighted by atomic mass is 19.4. The van der Waals surface area contributed by atoms with E-state index in [-0.39, 0.29) is 5.41 Å². The minimum Gasteiger partial charge on any atom is -0.497 e. The maximum absolute atomic E-state index is 10.6. The van der Waals surface area contributed by atoms with E-state index >= 15 is 0 Å². The fourth-order valence-electron chi connectivity index (χ4n) is 4.45. The SMILES string of the molecule is COc1ccc(N2CCOCC3(CCCN(Cc4nccn4C)C3)C2)cc1.O=C(O)C(F)(F)F. The average Bonchev–Trinajstić information content (AvgIpc) is 3.08. The Labute approximate surface area is 196 Å². The summed E-state index contributed by atoms with van der Waals surface area (Å²) >= 11 is 0. The quantitative estimate of drug-likeness (QED) is 0.714. The standard InChI is InChI=1S/C21H30N4O2.C2HF3O2/c1-23-11-9-22-20(23)14-24-10-3-8-21(15-24)16-25(12-13-27-17-21)18-4-6-19(26-2)7-5-18;3-2(4,5)1(6)7/h4-7,9,11H,3,8,10,12-17H2,1-2H3;(H,6,7). The number of aliphatic carboxylic acids is 1. The Kier molecular flexibility index (Phi) is 8.42. The van der Waals surface area contributed by atoms with E-state index in [9.17, 15) is 13.2 Å². The normalized spacial score (nSPS) is 21.5. The van der Waals surface area contributed by atoms with Crippen LogP contribution in [-0.2, 0) is 23.1 Å². The van der Waals surface area contributed by atoms with Gasteiger partial charge >= 0.3 is 12.1 Å². The number of piperidine rings is 1. The maximum atomic E-state index is 10.6. The van der Waals surface area contributed by atoms with Crippen LogP contribution in [0.3, 0.4) is 0 Å². The zero-order valence-corrected chi connectivity index (χ0v) is 19.4. The number of nitrogens with zero attached hydrogens (tertiary/aromatic N) is 4. The predicted molar refractivity (Wildman–Crippen MR) is 120 cm³/mol. The summed E-state index contributed by atoms with van der Waals surface area (Å²) in [6, 6.07) is 8.41. The molecular weight excluding hydrogens is 453 g/mol. The number of anilines is 1. The van der Waals surface area contributed by atoms with Crippen LogP contribution in [0.15, 0.2) is 36.7 Å². The molecule has 11 heteroatoms. The van der Waals surface area contributed by atoms with E-state index in [4.69, 9.17) is 19.4 Å². The number of imidazole rings is 1. The molecule has 1 unspecified atom stereocenters. The molecule has 188 valence electrons. The first-order valence-corrected chi connectivity index (χ1v) is 11.1. The van der Waals surface area contributed by atoms with Crippen molar-refractivity contribution in [3.05, 3.63) is 42.5 Å². The Morgan fingerprint density at radius 1 is 1.24 bits per heavy atom. The summed E-state index contributed by atoms with van der Waals surface area (Å²) in [4.78, 5) is 18.4. The number of rotatable bonds is 4. The van der Waals surface area contributed by atoms with Crippen LogP contribution in [0.5, 0.6) is 5.75 Å². The fourth-order valence-corrected chi connectivity index (χ4v) is 4.45. The van der Waals surface area contributed by atoms with Gasteiger partial charge in [0.05, 0.1) is 26.9 Å². The third-order valence-electron chi connectivity index (χ3n) is 6.15. The first kappa shape index (κ1) is 25.8. The van der Waals surface area contributed by atoms with E-state index in [2.05, 4.69) is 38.5 Å². The van der Waals surface area contributed by atoms with Crippen molar-refractivity contribution < 1.29 is 32.5 Å². The van der Waals surface area contributed by atoms with Gasteiger partial charge < -0.3 is 24.0 Å². The number of likely N-dealkylation sites (tertiary alicyclic amines) is 1. The Morgan fingerprint density at radius 3 is 2.53 bits per heavy atom. The first-order valence-electron chi connectivity index (χ1n) is 11.1. The van der Waals surface area contributed by atoms with Crippen molar-refractivity contribution in [2.24, 2.45) is 12.5 Å². The van der Waals surface area contributed by atoms with Gasteiger partial charge in [-0.1, -0.05) is 0 Å². The molecule has 0 radical (unpaired) electrons. The summed E-state index contributed by atoms with van der Waals surface area (Å²) in [5.74, 6) is -0.723. The summed E-state index contributed by atoms with van der Waals surface area (Å²) in [5.41, 5.74) is 1.43. The summed E-state index contributed by atoms with van der Waals surface area (Å²) < 4.78 is 45.2. The Hall–Kier alpha value is -2.79. The number of hydrogen-bond acceptors (Lipinski definition) is 6. The Bertz CT molecular complexity index is 935. The molecule has 0 amide bonds. The van der Waals surface area contributed by atoms with Crippen molar-refractivity contribution >= 4 is 11.7 Å². The summed E-state index contributed by atoms with van der Waals surface area (Å²) in [5, 5.41) is 7.12. The number of halogens is 3. The molecule has 8 nitrogen and oxygen atoms in total. The Balaban J connectivity index is 0.000000406. The van der Waals surface area contributed by atoms with Gasteiger partial charge in [-0.3, -0.25) is 4.90 Å². The van der Waals surface area contributed by atoms with Crippen LogP contribution < -0.4 is 9.64 Å². The highest BCUT2D eigenvalue weighted by Gasteiger charge is 2.39. The number of carbonyl (C=O) groups is 1. The smallest absolute Gasteiger partial charge is 0.490 e. The van der Waals surface area contributed by atoms with E-state index in [1.165, 1.54) is 18.5 Å². The van der Waals surface area contributed by atoms with Crippen LogP contribution in [-0.4, -0.2) is 78.2 Å². The van der Waals surface area contributed by atoms with E-state index in [0.29, 0.717) is 0 Å². The summed E-state index contributed by atoms with van der Waals surface area (Å²) in [7, 11) is 3.78. The van der Waals surface area contributed by atoms with Gasteiger partial charge in [0.15, 0.2) is 0 Å². The third kappa shape index (κ3) is 6.86. The number of alkyl halides is 3. The molecule has 2 aromatic rings. The molecule has 2 saturated heterocycles. The number of hydrogen-bond donors (Lipinski definition) is 1. The highest BCUT2D eigenvalue weighted by Crippen LogP contribution is 2.35. The van der Waals surface area contributed by atoms with Gasteiger partial charge in [0.1, 0.15) is 11.6 Å². The lowest BCUT2D eigenvalue weighted by atomic mass is 9.80. The van der Waals surface area contributed by atoms with Crippen LogP contribution in [0.1, 0.15) is 18.7 Å². The van der Waals surface area contributed by atoms with Crippen LogP contribution in [0.25, 0.3) is 0 Å². The molecular formula is C23H31F3N4O4. The number of aryl methyl sites for hydroxylation is 1. The molecule has 1 atom stereocenters. The second-order valence-electron chi connectivity index (χ2n) is 8.74. The number of aromatic nitrogens is 2. The predicted octanol–water partition coefficient (Wildman–Crippen LogP) is 3.18. The lowest BCUT2D eigenvalue weighted by Gasteiger charge is -2.44. The largest absolute Gasteiger partial charge is 0.497 e. The molecule has 4 rings (SSSR count). The van der Waals surface area contributed by atoms with Crippen molar-refractivity contribution in [3.8, 4) is 5.75 Å². The highest BCUT2D eigenvalue weighted by molar-refractivity contribution is 5.73. The third-order valence-corrected chi connectivity index (χ3v) is 6.15. The second kappa shape index (κ2) is 11.1. The Morgan fingerprint density at radius 2 is 1.94 bits per heavy atom. The fraction of sp³-hybridized carbons (Fsp3) is 0.565. The first-order chi connectivity index (χ1) is 16.1. The van der Waals surface area contributed by atoms with Gasteiger partial charge in [0.2, 0.25) is 0 Å². The number of carboxylic acid groups (broad SMARTS) is 1. The second-order valence-corrected chi connectivity index (χ2v) is 8.74. The van der Waals surface area contributed by atoms with E-state index in [1.54, 1.807) is 7.11 Å². The summed E-state index contributed by atoms with van der Waals surface area (Å²) in [6.45, 7) is 6.71. The average molecular weight is 485 g/mol. The van der Waals surface area contributed by atoms with Crippen LogP contribution in [0, 0.1) is 5.41 Å². The molecule has 1 N–H and O–H groups in total. The molecule has 0 aliphatic carbocycles. The van der Waals surface area contributed by atoms with Crippen molar-refractivity contribution in [2.75, 3.05) is 51.4 Å². The van der Waals surface area contributed by atoms with Crippen molar-refractivity contribution in [2.45, 2.75) is 25.6 Å². The number of ether oxygens (including phenoxy) is 2. The van der Waals surface area contributed by atoms with Gasteiger partial charge in [0.25, 0.3) is 0 Å². The lowest BCUT2D eigenvalue weighted by molar-refractivity contribution is -0.192. The van der Waals surface area contributed by atoms with E-state index < -0.39 is 12.1 Å². The van der Waals surface area contributed by atoms with Gasteiger partial charge in [-0.25, -0.2) is 9.78 Å². The number of methoxy groups -OCH3 is 1. The molecule has 1 aromatic carbocycles. The maximum Gasteiger partial charge on any atom is 0.490 e. The zero-order chi connectivity index (χ0) is 24.8. The van der Waals surface area contributed by atoms with Crippen LogP contribution in [0.2, 0.25) is 0 Å². The zero-order valence-electron chi connectivity index (χ0n) is 19.4. The van der Waals surface area contributed by atoms with Crippen molar-refractivity contribution in [1.82, 2.24) is 14.5 Å². The molecule has 2 aliphatic rings. The molecule has 3 heterocycles. The van der Waals surface area contributed by atoms with Gasteiger partial charge in [-0.2, -0.15) is 13.2 Å². The topological polar surface area (TPSA) is 80.1 Å². The minimum absolute atomic E-state index is 0.180. The molecule has 2 fully saturated rings. The van der Waals surface area contributed by atoms with E-state index in [0.717, 1.165) is 57.5 Å². The molecule has 34 heavy (non-hydrogen) atoms. The van der Waals surface area contributed by atoms with Gasteiger partial charge in [-0.05, 0) is 43.7 Å². The van der Waals surface area contributed by atoms with Crippen LogP contribution in [0.4, 0.5) is 18.9 Å². The molecule has 1 aromatic heterocycles. The number of benzene rings is 1. The molecule has 2 aliphatic heterocycles.